The summed E-state index contributed by atoms with van der Waals surface area (Å²) in [6.45, 7) is 2.20. The average molecular weight is 423 g/mol. The van der Waals surface area contributed by atoms with Crippen LogP contribution in [0.5, 0.6) is 5.75 Å². The van der Waals surface area contributed by atoms with Crippen LogP contribution in [0.25, 0.3) is 0 Å². The summed E-state index contributed by atoms with van der Waals surface area (Å²) in [4.78, 5) is 16.2. The first kappa shape index (κ1) is 21.5. The molecule has 7 heteroatoms. The van der Waals surface area contributed by atoms with E-state index < -0.39 is 12.0 Å². The molecule has 2 fully saturated rings. The molecule has 0 aliphatic carbocycles. The second-order valence-electron chi connectivity index (χ2n) is 7.38. The third-order valence-corrected chi connectivity index (χ3v) is 5.51. The summed E-state index contributed by atoms with van der Waals surface area (Å²) in [6.07, 6.45) is 1.29. The molecule has 0 radical (unpaired) electrons. The number of aromatic hydroxyl groups is 1. The van der Waals surface area contributed by atoms with Gasteiger partial charge in [-0.05, 0) is 55.6 Å². The Kier molecular flexibility index (Phi) is 7.45. The van der Waals surface area contributed by atoms with Crippen molar-refractivity contribution in [3.8, 4) is 5.75 Å². The van der Waals surface area contributed by atoms with Crippen LogP contribution in [0.4, 0.5) is 8.78 Å². The van der Waals surface area contributed by atoms with Gasteiger partial charge in [-0.15, -0.1) is 0 Å². The highest BCUT2D eigenvalue weighted by molar-refractivity contribution is 6.30. The van der Waals surface area contributed by atoms with E-state index in [1.165, 1.54) is 6.07 Å². The van der Waals surface area contributed by atoms with Gasteiger partial charge in [-0.1, -0.05) is 35.9 Å². The van der Waals surface area contributed by atoms with Gasteiger partial charge in [0.2, 0.25) is 5.91 Å². The minimum Gasteiger partial charge on any atom is -0.508 e. The molecule has 2 heterocycles. The van der Waals surface area contributed by atoms with Gasteiger partial charge >= 0.3 is 0 Å². The highest BCUT2D eigenvalue weighted by Crippen LogP contribution is 2.25. The molecule has 2 unspecified atom stereocenters. The topological polar surface area (TPSA) is 43.8 Å². The molecule has 4 rings (SSSR count). The molecule has 0 spiro atoms. The van der Waals surface area contributed by atoms with E-state index in [9.17, 15) is 13.6 Å². The number of phenolic OH excluding ortho intramolecular Hbond substituents is 1. The number of nitrogens with zero attached hydrogens (tertiary/aromatic N) is 2. The van der Waals surface area contributed by atoms with E-state index >= 15 is 0 Å². The summed E-state index contributed by atoms with van der Waals surface area (Å²) >= 11 is 5.77. The highest BCUT2D eigenvalue weighted by Gasteiger charge is 2.37. The van der Waals surface area contributed by atoms with Crippen LogP contribution < -0.4 is 0 Å². The second-order valence-corrected chi connectivity index (χ2v) is 7.79. The zero-order valence-electron chi connectivity index (χ0n) is 16.1. The number of rotatable bonds is 3. The lowest BCUT2D eigenvalue weighted by Gasteiger charge is -2.32. The fraction of sp³-hybridized carbons (Fsp3) is 0.409. The normalized spacial score (nSPS) is 22.3. The lowest BCUT2D eigenvalue weighted by molar-refractivity contribution is -0.133. The van der Waals surface area contributed by atoms with E-state index in [1.54, 1.807) is 41.3 Å². The van der Waals surface area contributed by atoms with Gasteiger partial charge in [0.1, 0.15) is 17.7 Å². The standard InChI is InChI=1S/C16H19ClF2N2O.C6H6O/c17-13-8-11(3-4-14(13)19)9-21-7-5-15(16(21)22)20-6-1-2-12(18)10-20;7-6-4-2-1-3-5-6/h3-4,8,12,15H,1-2,5-7,9-10H2;1-5,7H. The summed E-state index contributed by atoms with van der Waals surface area (Å²) < 4.78 is 26.7. The Morgan fingerprint density at radius 1 is 1.10 bits per heavy atom. The van der Waals surface area contributed by atoms with Crippen molar-refractivity contribution in [3.05, 3.63) is 64.9 Å². The molecule has 2 saturated heterocycles. The van der Waals surface area contributed by atoms with Crippen LogP contribution in [0.2, 0.25) is 5.02 Å². The number of benzene rings is 2. The van der Waals surface area contributed by atoms with Crippen molar-refractivity contribution in [1.82, 2.24) is 9.80 Å². The molecule has 2 aromatic rings. The molecule has 2 atom stereocenters. The number of piperidine rings is 1. The van der Waals surface area contributed by atoms with Crippen molar-refractivity contribution < 1.29 is 18.7 Å². The van der Waals surface area contributed by atoms with Crippen molar-refractivity contribution in [1.29, 1.82) is 0 Å². The molecule has 1 amide bonds. The SMILES string of the molecule is O=C1C(N2CCCC(F)C2)CCN1Cc1ccc(F)c(Cl)c1.Oc1ccccc1. The van der Waals surface area contributed by atoms with Gasteiger partial charge in [0.05, 0.1) is 11.1 Å². The van der Waals surface area contributed by atoms with E-state index in [-0.39, 0.29) is 17.0 Å². The maximum absolute atomic E-state index is 13.5. The lowest BCUT2D eigenvalue weighted by Crippen LogP contribution is -2.47. The summed E-state index contributed by atoms with van der Waals surface area (Å²) in [7, 11) is 0. The molecule has 0 saturated carbocycles. The van der Waals surface area contributed by atoms with E-state index in [0.717, 1.165) is 24.9 Å². The van der Waals surface area contributed by atoms with E-state index in [4.69, 9.17) is 16.7 Å². The van der Waals surface area contributed by atoms with Crippen LogP contribution in [0.1, 0.15) is 24.8 Å². The summed E-state index contributed by atoms with van der Waals surface area (Å²) in [5.41, 5.74) is 0.808. The largest absolute Gasteiger partial charge is 0.508 e. The number of para-hydroxylation sites is 1. The zero-order chi connectivity index (χ0) is 20.8. The van der Waals surface area contributed by atoms with Crippen molar-refractivity contribution in [2.24, 2.45) is 0 Å². The van der Waals surface area contributed by atoms with E-state index in [0.29, 0.717) is 31.8 Å². The molecule has 2 aliphatic rings. The van der Waals surface area contributed by atoms with Gasteiger partial charge in [-0.3, -0.25) is 9.69 Å². The maximum Gasteiger partial charge on any atom is 0.240 e. The van der Waals surface area contributed by atoms with Crippen LogP contribution in [0.15, 0.2) is 48.5 Å². The summed E-state index contributed by atoms with van der Waals surface area (Å²) in [5.74, 6) is -0.101. The molecule has 2 aromatic carbocycles. The summed E-state index contributed by atoms with van der Waals surface area (Å²) in [6, 6.07) is 13.0. The Labute approximate surface area is 174 Å². The van der Waals surface area contributed by atoms with Crippen LogP contribution >= 0.6 is 11.6 Å². The van der Waals surface area contributed by atoms with Crippen LogP contribution in [0, 0.1) is 5.82 Å². The minimum atomic E-state index is -0.827. The molecule has 4 nitrogen and oxygen atoms in total. The number of hydrogen-bond donors (Lipinski definition) is 1. The van der Waals surface area contributed by atoms with Crippen molar-refractivity contribution in [2.45, 2.75) is 38.0 Å². The van der Waals surface area contributed by atoms with E-state index in [1.807, 2.05) is 11.0 Å². The van der Waals surface area contributed by atoms with Gasteiger partial charge in [0.25, 0.3) is 0 Å². The highest BCUT2D eigenvalue weighted by atomic mass is 35.5. The first-order valence-electron chi connectivity index (χ1n) is 9.79. The predicted molar refractivity (Wildman–Crippen MR) is 109 cm³/mol. The smallest absolute Gasteiger partial charge is 0.240 e. The first-order chi connectivity index (χ1) is 13.9. The number of carbonyl (C=O) groups is 1. The Bertz CT molecular complexity index is 822. The third-order valence-electron chi connectivity index (χ3n) is 5.22. The lowest BCUT2D eigenvalue weighted by atomic mass is 10.1. The number of amides is 1. The second kappa shape index (κ2) is 10.0. The van der Waals surface area contributed by atoms with Crippen molar-refractivity contribution in [3.63, 3.8) is 0 Å². The van der Waals surface area contributed by atoms with Gasteiger partial charge in [0.15, 0.2) is 0 Å². The number of carbonyl (C=O) groups excluding carboxylic acids is 1. The van der Waals surface area contributed by atoms with Crippen LogP contribution in [-0.4, -0.2) is 52.7 Å². The average Bonchev–Trinajstić information content (AvgIpc) is 3.06. The number of halogens is 3. The van der Waals surface area contributed by atoms with Gasteiger partial charge < -0.3 is 10.0 Å². The predicted octanol–water partition coefficient (Wildman–Crippen LogP) is 4.41. The quantitative estimate of drug-likeness (QED) is 0.797. The monoisotopic (exact) mass is 422 g/mol. The number of hydrogen-bond acceptors (Lipinski definition) is 3. The molecule has 29 heavy (non-hydrogen) atoms. The van der Waals surface area contributed by atoms with Crippen LogP contribution in [0.3, 0.4) is 0 Å². The number of alkyl halides is 1. The zero-order valence-corrected chi connectivity index (χ0v) is 16.9. The Morgan fingerprint density at radius 3 is 2.48 bits per heavy atom. The Morgan fingerprint density at radius 2 is 1.86 bits per heavy atom. The molecule has 0 bridgehead atoms. The summed E-state index contributed by atoms with van der Waals surface area (Å²) in [5, 5.41) is 8.70. The fourth-order valence-electron chi connectivity index (χ4n) is 3.74. The number of phenols is 1. The Balaban J connectivity index is 0.000000290. The van der Waals surface area contributed by atoms with Crippen molar-refractivity contribution in [2.75, 3.05) is 19.6 Å². The van der Waals surface area contributed by atoms with Gasteiger partial charge in [0, 0.05) is 19.6 Å². The fourth-order valence-corrected chi connectivity index (χ4v) is 3.94. The van der Waals surface area contributed by atoms with Crippen LogP contribution in [-0.2, 0) is 11.3 Å². The minimum absolute atomic E-state index is 0.0366. The molecular formula is C22H25ClF2N2O2. The van der Waals surface area contributed by atoms with E-state index in [2.05, 4.69) is 0 Å². The number of likely N-dealkylation sites (tertiary alicyclic amines) is 2. The third kappa shape index (κ3) is 5.90. The Hall–Kier alpha value is -2.18. The molecule has 2 aliphatic heterocycles. The first-order valence-corrected chi connectivity index (χ1v) is 10.2. The molecule has 1 N–H and O–H groups in total. The van der Waals surface area contributed by atoms with Crippen molar-refractivity contribution >= 4 is 17.5 Å². The maximum atomic E-state index is 13.5. The van der Waals surface area contributed by atoms with Gasteiger partial charge in [-0.2, -0.15) is 0 Å². The molecular weight excluding hydrogens is 398 g/mol. The molecule has 156 valence electrons. The molecule has 0 aromatic heterocycles. The van der Waals surface area contributed by atoms with Gasteiger partial charge in [-0.25, -0.2) is 8.78 Å².